The van der Waals surface area contributed by atoms with Crippen LogP contribution in [0.5, 0.6) is 11.5 Å². The van der Waals surface area contributed by atoms with Gasteiger partial charge in [-0.1, -0.05) is 11.6 Å². The van der Waals surface area contributed by atoms with Crippen LogP contribution in [0.2, 0.25) is 5.02 Å². The fourth-order valence-corrected chi connectivity index (χ4v) is 2.76. The zero-order valence-corrected chi connectivity index (χ0v) is 13.9. The molecule has 0 N–H and O–H groups in total. The van der Waals surface area contributed by atoms with Gasteiger partial charge in [0.25, 0.3) is 0 Å². The SMILES string of the molecule is COc1ccc2c(OCc3nnc4c(F)cc(Cl)cn34)ccnc2c1. The summed E-state index contributed by atoms with van der Waals surface area (Å²) >= 11 is 5.90. The maximum atomic E-state index is 13.8. The van der Waals surface area contributed by atoms with Crippen LogP contribution in [0.25, 0.3) is 16.6 Å². The van der Waals surface area contributed by atoms with Gasteiger partial charge in [-0.2, -0.15) is 0 Å². The van der Waals surface area contributed by atoms with Crippen molar-refractivity contribution < 1.29 is 13.9 Å². The molecule has 0 radical (unpaired) electrons. The van der Waals surface area contributed by atoms with Gasteiger partial charge in [0.2, 0.25) is 0 Å². The normalized spacial score (nSPS) is 11.2. The average Bonchev–Trinajstić information content (AvgIpc) is 3.02. The van der Waals surface area contributed by atoms with E-state index in [0.29, 0.717) is 17.3 Å². The van der Waals surface area contributed by atoms with Gasteiger partial charge in [0.05, 0.1) is 17.6 Å². The van der Waals surface area contributed by atoms with Gasteiger partial charge in [-0.3, -0.25) is 9.38 Å². The van der Waals surface area contributed by atoms with Gasteiger partial charge in [-0.05, 0) is 24.3 Å². The fraction of sp³-hybridized carbons (Fsp3) is 0.118. The van der Waals surface area contributed by atoms with E-state index in [1.807, 2.05) is 18.2 Å². The second kappa shape index (κ2) is 6.18. The van der Waals surface area contributed by atoms with E-state index in [9.17, 15) is 4.39 Å². The highest BCUT2D eigenvalue weighted by Gasteiger charge is 2.12. The summed E-state index contributed by atoms with van der Waals surface area (Å²) in [5, 5.41) is 8.89. The molecule has 0 atom stereocenters. The van der Waals surface area contributed by atoms with Crippen molar-refractivity contribution >= 4 is 28.2 Å². The number of hydrogen-bond donors (Lipinski definition) is 0. The van der Waals surface area contributed by atoms with Crippen LogP contribution in [0, 0.1) is 5.82 Å². The van der Waals surface area contributed by atoms with Crippen molar-refractivity contribution in [2.24, 2.45) is 0 Å². The molecular weight excluding hydrogens is 347 g/mol. The van der Waals surface area contributed by atoms with E-state index in [0.717, 1.165) is 10.9 Å². The van der Waals surface area contributed by atoms with Crippen LogP contribution in [0.1, 0.15) is 5.82 Å². The lowest BCUT2D eigenvalue weighted by molar-refractivity contribution is 0.298. The molecule has 0 saturated heterocycles. The molecule has 4 aromatic rings. The van der Waals surface area contributed by atoms with E-state index >= 15 is 0 Å². The first-order chi connectivity index (χ1) is 12.2. The van der Waals surface area contributed by atoms with Crippen molar-refractivity contribution in [1.82, 2.24) is 19.6 Å². The molecule has 0 saturated carbocycles. The number of hydrogen-bond acceptors (Lipinski definition) is 5. The number of nitrogens with zero attached hydrogens (tertiary/aromatic N) is 4. The predicted molar refractivity (Wildman–Crippen MR) is 90.6 cm³/mol. The molecule has 0 aliphatic heterocycles. The maximum absolute atomic E-state index is 13.8. The van der Waals surface area contributed by atoms with Crippen molar-refractivity contribution in [3.05, 3.63) is 59.4 Å². The quantitative estimate of drug-likeness (QED) is 0.557. The Labute approximate surface area is 146 Å². The zero-order valence-electron chi connectivity index (χ0n) is 13.1. The first-order valence-corrected chi connectivity index (χ1v) is 7.78. The topological polar surface area (TPSA) is 61.5 Å². The minimum atomic E-state index is -0.535. The van der Waals surface area contributed by atoms with E-state index < -0.39 is 5.82 Å². The molecule has 8 heteroatoms. The first kappa shape index (κ1) is 15.6. The predicted octanol–water partition coefficient (Wildman–Crippen LogP) is 3.66. The van der Waals surface area contributed by atoms with Crippen LogP contribution < -0.4 is 9.47 Å². The van der Waals surface area contributed by atoms with Gasteiger partial charge in [0.15, 0.2) is 17.3 Å². The average molecular weight is 359 g/mol. The summed E-state index contributed by atoms with van der Waals surface area (Å²) in [5.74, 6) is 1.25. The van der Waals surface area contributed by atoms with E-state index in [1.165, 1.54) is 10.5 Å². The third-order valence-electron chi connectivity index (χ3n) is 3.76. The molecule has 0 spiro atoms. The summed E-state index contributed by atoms with van der Waals surface area (Å²) in [6.45, 7) is 0.103. The maximum Gasteiger partial charge on any atom is 0.197 e. The molecule has 3 heterocycles. The zero-order chi connectivity index (χ0) is 17.4. The molecule has 4 rings (SSSR count). The second-order valence-corrected chi connectivity index (χ2v) is 5.73. The Bertz CT molecular complexity index is 1080. The Balaban J connectivity index is 1.67. The molecular formula is C17H12ClFN4O2. The number of ether oxygens (including phenoxy) is 2. The number of benzene rings is 1. The molecule has 0 fully saturated rings. The highest BCUT2D eigenvalue weighted by molar-refractivity contribution is 6.30. The minimum Gasteiger partial charge on any atom is -0.497 e. The van der Waals surface area contributed by atoms with Gasteiger partial charge in [0, 0.05) is 23.8 Å². The molecule has 25 heavy (non-hydrogen) atoms. The molecule has 0 aliphatic carbocycles. The summed E-state index contributed by atoms with van der Waals surface area (Å²) in [6, 6.07) is 8.48. The fourth-order valence-electron chi connectivity index (χ4n) is 2.56. The highest BCUT2D eigenvalue weighted by atomic mass is 35.5. The van der Waals surface area contributed by atoms with Crippen molar-refractivity contribution in [2.75, 3.05) is 7.11 Å². The highest BCUT2D eigenvalue weighted by Crippen LogP contribution is 2.27. The number of halogens is 2. The molecule has 6 nitrogen and oxygen atoms in total. The molecule has 1 aromatic carbocycles. The van der Waals surface area contributed by atoms with Crippen LogP contribution in [-0.4, -0.2) is 26.7 Å². The van der Waals surface area contributed by atoms with Crippen molar-refractivity contribution in [2.45, 2.75) is 6.61 Å². The summed E-state index contributed by atoms with van der Waals surface area (Å²) < 4.78 is 26.4. The van der Waals surface area contributed by atoms with Gasteiger partial charge in [0.1, 0.15) is 18.1 Å². The smallest absolute Gasteiger partial charge is 0.197 e. The second-order valence-electron chi connectivity index (χ2n) is 5.30. The first-order valence-electron chi connectivity index (χ1n) is 7.40. The van der Waals surface area contributed by atoms with E-state index in [2.05, 4.69) is 15.2 Å². The number of rotatable bonds is 4. The van der Waals surface area contributed by atoms with Crippen LogP contribution >= 0.6 is 11.6 Å². The third-order valence-corrected chi connectivity index (χ3v) is 3.97. The summed E-state index contributed by atoms with van der Waals surface area (Å²) in [4.78, 5) is 4.31. The standard InChI is InChI=1S/C17H12ClFN4O2/c1-24-11-2-3-12-14(7-11)20-5-4-15(12)25-9-16-21-22-17-13(19)6-10(18)8-23(16)17/h2-8H,9H2,1H3. The summed E-state index contributed by atoms with van der Waals surface area (Å²) in [7, 11) is 1.60. The van der Waals surface area contributed by atoms with E-state index in [4.69, 9.17) is 21.1 Å². The van der Waals surface area contributed by atoms with Gasteiger partial charge in [-0.25, -0.2) is 4.39 Å². The Morgan fingerprint density at radius 1 is 1.20 bits per heavy atom. The molecule has 126 valence electrons. The van der Waals surface area contributed by atoms with Gasteiger partial charge >= 0.3 is 0 Å². The summed E-state index contributed by atoms with van der Waals surface area (Å²) in [6.07, 6.45) is 3.20. The van der Waals surface area contributed by atoms with Gasteiger partial charge in [-0.15, -0.1) is 10.2 Å². The van der Waals surface area contributed by atoms with Crippen molar-refractivity contribution in [3.8, 4) is 11.5 Å². The van der Waals surface area contributed by atoms with Crippen molar-refractivity contribution in [3.63, 3.8) is 0 Å². The molecule has 0 unspecified atom stereocenters. The van der Waals surface area contributed by atoms with Gasteiger partial charge < -0.3 is 9.47 Å². The molecule has 0 bridgehead atoms. The van der Waals surface area contributed by atoms with E-state index in [-0.39, 0.29) is 17.3 Å². The largest absolute Gasteiger partial charge is 0.497 e. The molecule has 0 aliphatic rings. The molecule has 0 amide bonds. The third kappa shape index (κ3) is 2.83. The number of fused-ring (bicyclic) bond motifs is 2. The van der Waals surface area contributed by atoms with Crippen LogP contribution in [0.4, 0.5) is 4.39 Å². The lowest BCUT2D eigenvalue weighted by atomic mass is 10.2. The van der Waals surface area contributed by atoms with Crippen LogP contribution in [-0.2, 0) is 6.61 Å². The van der Waals surface area contributed by atoms with Crippen LogP contribution in [0.3, 0.4) is 0 Å². The Hall–Kier alpha value is -2.93. The number of aromatic nitrogens is 4. The summed E-state index contributed by atoms with van der Waals surface area (Å²) in [5.41, 5.74) is 0.851. The minimum absolute atomic E-state index is 0.103. The molecule has 3 aromatic heterocycles. The number of pyridine rings is 2. The number of methoxy groups -OCH3 is 1. The Morgan fingerprint density at radius 2 is 2.08 bits per heavy atom. The monoisotopic (exact) mass is 358 g/mol. The lowest BCUT2D eigenvalue weighted by Crippen LogP contribution is -2.02. The van der Waals surface area contributed by atoms with Crippen molar-refractivity contribution in [1.29, 1.82) is 0 Å². The Kier molecular flexibility index (Phi) is 3.85. The lowest BCUT2D eigenvalue weighted by Gasteiger charge is -2.09. The van der Waals surface area contributed by atoms with E-state index in [1.54, 1.807) is 25.6 Å². The van der Waals surface area contributed by atoms with Crippen LogP contribution in [0.15, 0.2) is 42.7 Å². The Morgan fingerprint density at radius 3 is 2.92 bits per heavy atom.